The zero-order valence-electron chi connectivity index (χ0n) is 19.4. The molecule has 1 aromatic heterocycles. The molecule has 2 N–H and O–H groups in total. The number of carbonyl (C=O) groups is 2. The Balaban J connectivity index is 1.39. The molecule has 0 aliphatic heterocycles. The van der Waals surface area contributed by atoms with Crippen LogP contribution in [0.25, 0.3) is 6.08 Å². The first-order chi connectivity index (χ1) is 17.2. The summed E-state index contributed by atoms with van der Waals surface area (Å²) < 4.78 is 45.7. The lowest BCUT2D eigenvalue weighted by atomic mass is 10.0. The second-order valence-electron chi connectivity index (χ2n) is 8.36. The summed E-state index contributed by atoms with van der Waals surface area (Å²) >= 11 is 0. The Bertz CT molecular complexity index is 1300. The van der Waals surface area contributed by atoms with Gasteiger partial charge < -0.3 is 15.4 Å². The molecule has 2 aromatic carbocycles. The number of hydrogen-bond donors (Lipinski definition) is 2. The quantitative estimate of drug-likeness (QED) is 0.352. The number of alkyl halides is 3. The molecule has 1 heterocycles. The molecule has 1 saturated carbocycles. The zero-order chi connectivity index (χ0) is 25.7. The summed E-state index contributed by atoms with van der Waals surface area (Å²) in [6, 6.07) is 13.9. The van der Waals surface area contributed by atoms with Crippen LogP contribution in [0.1, 0.15) is 36.5 Å². The number of pyridine rings is 1. The molecule has 36 heavy (non-hydrogen) atoms. The highest BCUT2D eigenvalue weighted by Crippen LogP contribution is 2.34. The van der Waals surface area contributed by atoms with Gasteiger partial charge in [-0.1, -0.05) is 25.1 Å². The molecule has 1 aliphatic rings. The second-order valence-corrected chi connectivity index (χ2v) is 8.36. The average molecular weight is 496 g/mol. The molecule has 186 valence electrons. The molecule has 0 bridgehead atoms. The number of nitrogens with zero attached hydrogens (tertiary/aromatic N) is 1. The van der Waals surface area contributed by atoms with Gasteiger partial charge in [0.25, 0.3) is 0 Å². The molecule has 9 heteroatoms. The van der Waals surface area contributed by atoms with Crippen molar-refractivity contribution in [1.82, 2.24) is 4.98 Å². The minimum absolute atomic E-state index is 0.0546. The number of halogens is 3. The molecule has 3 aromatic rings. The highest BCUT2D eigenvalue weighted by atomic mass is 19.4. The van der Waals surface area contributed by atoms with E-state index in [1.54, 1.807) is 43.3 Å². The van der Waals surface area contributed by atoms with Crippen LogP contribution in [0.2, 0.25) is 0 Å². The van der Waals surface area contributed by atoms with Crippen LogP contribution >= 0.6 is 0 Å². The summed E-state index contributed by atoms with van der Waals surface area (Å²) in [4.78, 5) is 28.4. The normalized spacial score (nSPS) is 13.4. The monoisotopic (exact) mass is 495 g/mol. The molecule has 1 fully saturated rings. The molecule has 0 unspecified atom stereocenters. The van der Waals surface area contributed by atoms with Crippen molar-refractivity contribution in [3.63, 3.8) is 0 Å². The van der Waals surface area contributed by atoms with E-state index in [1.807, 2.05) is 0 Å². The van der Waals surface area contributed by atoms with Crippen LogP contribution in [-0.2, 0) is 22.2 Å². The van der Waals surface area contributed by atoms with Gasteiger partial charge in [0.15, 0.2) is 0 Å². The number of ether oxygens (including phenoxy) is 1. The highest BCUT2D eigenvalue weighted by Gasteiger charge is 2.33. The van der Waals surface area contributed by atoms with Gasteiger partial charge in [0.1, 0.15) is 17.3 Å². The van der Waals surface area contributed by atoms with E-state index in [1.165, 1.54) is 30.5 Å². The number of hydrogen-bond acceptors (Lipinski definition) is 4. The number of amides is 2. The van der Waals surface area contributed by atoms with Gasteiger partial charge in [-0.3, -0.25) is 9.59 Å². The van der Waals surface area contributed by atoms with Crippen LogP contribution in [-0.4, -0.2) is 16.8 Å². The van der Waals surface area contributed by atoms with Gasteiger partial charge in [-0.15, -0.1) is 0 Å². The predicted octanol–water partition coefficient (Wildman–Crippen LogP) is 6.46. The van der Waals surface area contributed by atoms with Crippen molar-refractivity contribution in [3.05, 3.63) is 83.6 Å². The van der Waals surface area contributed by atoms with Crippen molar-refractivity contribution < 1.29 is 27.5 Å². The van der Waals surface area contributed by atoms with Gasteiger partial charge >= 0.3 is 6.18 Å². The molecular weight excluding hydrogens is 471 g/mol. The Kier molecular flexibility index (Phi) is 7.38. The highest BCUT2D eigenvalue weighted by molar-refractivity contribution is 6.02. The molecule has 0 saturated heterocycles. The molecule has 0 spiro atoms. The average Bonchev–Trinajstić information content (AvgIpc) is 3.68. The summed E-state index contributed by atoms with van der Waals surface area (Å²) in [5, 5.41) is 5.23. The number of anilines is 2. The van der Waals surface area contributed by atoms with Crippen LogP contribution in [0.4, 0.5) is 24.7 Å². The number of rotatable bonds is 8. The summed E-state index contributed by atoms with van der Waals surface area (Å²) in [5.41, 5.74) is 0.118. The smallest absolute Gasteiger partial charge is 0.416 e. The molecule has 0 atom stereocenters. The van der Waals surface area contributed by atoms with Crippen molar-refractivity contribution in [2.45, 2.75) is 32.4 Å². The largest absolute Gasteiger partial charge is 0.457 e. The van der Waals surface area contributed by atoms with E-state index in [9.17, 15) is 22.8 Å². The number of benzene rings is 2. The maximum Gasteiger partial charge on any atom is 0.416 e. The minimum Gasteiger partial charge on any atom is -0.457 e. The van der Waals surface area contributed by atoms with Gasteiger partial charge in [-0.25, -0.2) is 4.98 Å². The molecule has 6 nitrogen and oxygen atoms in total. The van der Waals surface area contributed by atoms with Gasteiger partial charge in [0.2, 0.25) is 11.8 Å². The Labute approximate surface area is 206 Å². The Morgan fingerprint density at radius 3 is 2.56 bits per heavy atom. The van der Waals surface area contributed by atoms with E-state index in [0.717, 1.165) is 18.9 Å². The third-order valence-corrected chi connectivity index (χ3v) is 5.52. The van der Waals surface area contributed by atoms with Gasteiger partial charge in [-0.05, 0) is 66.8 Å². The van der Waals surface area contributed by atoms with Gasteiger partial charge in [0, 0.05) is 29.9 Å². The van der Waals surface area contributed by atoms with E-state index in [2.05, 4.69) is 15.6 Å². The molecule has 0 radical (unpaired) electrons. The minimum atomic E-state index is -4.50. The fourth-order valence-electron chi connectivity index (χ4n) is 3.52. The van der Waals surface area contributed by atoms with Crippen molar-refractivity contribution in [2.24, 2.45) is 5.92 Å². The first-order valence-electron chi connectivity index (χ1n) is 11.5. The number of nitrogens with one attached hydrogen (secondary N) is 2. The van der Waals surface area contributed by atoms with Crippen molar-refractivity contribution in [1.29, 1.82) is 0 Å². The standard InChI is InChI=1S/C27H24F3N3O3/c1-2-18-9-10-20(15-23(18)27(28,29)30)32-25(34)11-6-17-4-3-5-21(14-17)36-22-12-13-31-24(16-22)33-26(35)19-7-8-19/h3-6,9-16,19H,2,7-8H2,1H3,(H,32,34)(H,31,33,35)/b11-6+. The van der Waals surface area contributed by atoms with Crippen LogP contribution in [0.15, 0.2) is 66.9 Å². The van der Waals surface area contributed by atoms with E-state index >= 15 is 0 Å². The van der Waals surface area contributed by atoms with Gasteiger partial charge in [0.05, 0.1) is 5.56 Å². The lowest BCUT2D eigenvalue weighted by Crippen LogP contribution is -2.14. The van der Waals surface area contributed by atoms with E-state index in [-0.39, 0.29) is 29.5 Å². The number of carbonyl (C=O) groups excluding carboxylic acids is 2. The van der Waals surface area contributed by atoms with E-state index < -0.39 is 17.6 Å². The van der Waals surface area contributed by atoms with E-state index in [0.29, 0.717) is 22.9 Å². The topological polar surface area (TPSA) is 80.3 Å². The zero-order valence-corrected chi connectivity index (χ0v) is 19.4. The number of aromatic nitrogens is 1. The Hall–Kier alpha value is -4.14. The molecule has 2 amide bonds. The van der Waals surface area contributed by atoms with Crippen LogP contribution < -0.4 is 15.4 Å². The molecule has 1 aliphatic carbocycles. The Morgan fingerprint density at radius 2 is 1.83 bits per heavy atom. The van der Waals surface area contributed by atoms with Crippen LogP contribution in [0.5, 0.6) is 11.5 Å². The third kappa shape index (κ3) is 6.71. The first-order valence-corrected chi connectivity index (χ1v) is 11.5. The third-order valence-electron chi connectivity index (χ3n) is 5.52. The maximum absolute atomic E-state index is 13.3. The summed E-state index contributed by atoms with van der Waals surface area (Å²) in [6.45, 7) is 1.64. The number of aryl methyl sites for hydroxylation is 1. The molecular formula is C27H24F3N3O3. The van der Waals surface area contributed by atoms with Crippen LogP contribution in [0, 0.1) is 5.92 Å². The van der Waals surface area contributed by atoms with Crippen molar-refractivity contribution >= 4 is 29.4 Å². The Morgan fingerprint density at radius 1 is 1.06 bits per heavy atom. The maximum atomic E-state index is 13.3. The lowest BCUT2D eigenvalue weighted by Gasteiger charge is -2.13. The fourth-order valence-corrected chi connectivity index (χ4v) is 3.52. The van der Waals surface area contributed by atoms with Crippen LogP contribution in [0.3, 0.4) is 0 Å². The van der Waals surface area contributed by atoms with E-state index in [4.69, 9.17) is 4.74 Å². The molecule has 4 rings (SSSR count). The second kappa shape index (κ2) is 10.6. The van der Waals surface area contributed by atoms with Gasteiger partial charge in [-0.2, -0.15) is 13.2 Å². The summed E-state index contributed by atoms with van der Waals surface area (Å²) in [5.74, 6) is 0.807. The van der Waals surface area contributed by atoms with Crippen molar-refractivity contribution in [2.75, 3.05) is 10.6 Å². The van der Waals surface area contributed by atoms with Crippen molar-refractivity contribution in [3.8, 4) is 11.5 Å². The SMILES string of the molecule is CCc1ccc(NC(=O)/C=C/c2cccc(Oc3ccnc(NC(=O)C4CC4)c3)c2)cc1C(F)(F)F. The first kappa shape index (κ1) is 25.0. The fraction of sp³-hybridized carbons (Fsp3) is 0.222. The predicted molar refractivity (Wildman–Crippen MR) is 131 cm³/mol. The summed E-state index contributed by atoms with van der Waals surface area (Å²) in [7, 11) is 0. The summed E-state index contributed by atoms with van der Waals surface area (Å²) in [6.07, 6.45) is 1.81. The lowest BCUT2D eigenvalue weighted by molar-refractivity contribution is -0.138.